The van der Waals surface area contributed by atoms with Crippen LogP contribution in [0.3, 0.4) is 0 Å². The van der Waals surface area contributed by atoms with Crippen LogP contribution in [0.5, 0.6) is 0 Å². The molecular formula is C21H21N5O3. The largest absolute Gasteiger partial charge is 0.378 e. The van der Waals surface area contributed by atoms with Crippen molar-refractivity contribution in [3.63, 3.8) is 0 Å². The molecule has 4 rings (SSSR count). The molecule has 8 nitrogen and oxygen atoms in total. The van der Waals surface area contributed by atoms with Gasteiger partial charge < -0.3 is 15.0 Å². The first kappa shape index (κ1) is 18.8. The zero-order valence-electron chi connectivity index (χ0n) is 15.8. The standard InChI is InChI=1S/C21H21N5O3/c27-26(28)19-20(22-15-23-21(19)25-11-13-29-14-12-25)24-18(16-7-3-1-4-8-16)17-9-5-2-6-10-17/h1-10,15,18H,11-14H2,(H,22,23,24). The quantitative estimate of drug-likeness (QED) is 0.508. The summed E-state index contributed by atoms with van der Waals surface area (Å²) in [6, 6.07) is 19.3. The predicted octanol–water partition coefficient (Wildman–Crippen LogP) is 3.42. The Morgan fingerprint density at radius 2 is 1.55 bits per heavy atom. The van der Waals surface area contributed by atoms with E-state index in [0.717, 1.165) is 11.1 Å². The van der Waals surface area contributed by atoms with Crippen LogP contribution in [0.2, 0.25) is 0 Å². The maximum absolute atomic E-state index is 12.0. The van der Waals surface area contributed by atoms with E-state index < -0.39 is 4.92 Å². The SMILES string of the molecule is O=[N+]([O-])c1c(NC(c2ccccc2)c2ccccc2)ncnc1N1CCOCC1. The summed E-state index contributed by atoms with van der Waals surface area (Å²) < 4.78 is 5.36. The molecule has 1 N–H and O–H groups in total. The highest BCUT2D eigenvalue weighted by Gasteiger charge is 2.29. The Hall–Kier alpha value is -3.52. The molecule has 0 amide bonds. The van der Waals surface area contributed by atoms with Crippen molar-refractivity contribution in [1.29, 1.82) is 0 Å². The Morgan fingerprint density at radius 1 is 0.966 bits per heavy atom. The third-order valence-corrected chi connectivity index (χ3v) is 4.84. The summed E-state index contributed by atoms with van der Waals surface area (Å²) in [6.45, 7) is 2.14. The Labute approximate surface area is 168 Å². The van der Waals surface area contributed by atoms with Crippen molar-refractivity contribution in [1.82, 2.24) is 9.97 Å². The van der Waals surface area contributed by atoms with Gasteiger partial charge in [-0.2, -0.15) is 0 Å². The third kappa shape index (κ3) is 4.17. The highest BCUT2D eigenvalue weighted by atomic mass is 16.6. The Kier molecular flexibility index (Phi) is 5.62. The maximum Gasteiger partial charge on any atom is 0.353 e. The van der Waals surface area contributed by atoms with Crippen LogP contribution in [0.25, 0.3) is 0 Å². The van der Waals surface area contributed by atoms with Gasteiger partial charge in [-0.3, -0.25) is 10.1 Å². The molecule has 0 aliphatic carbocycles. The zero-order chi connectivity index (χ0) is 20.1. The van der Waals surface area contributed by atoms with E-state index in [4.69, 9.17) is 4.74 Å². The van der Waals surface area contributed by atoms with E-state index in [1.165, 1.54) is 6.33 Å². The molecule has 29 heavy (non-hydrogen) atoms. The third-order valence-electron chi connectivity index (χ3n) is 4.84. The van der Waals surface area contributed by atoms with Gasteiger partial charge in [0.05, 0.1) is 24.2 Å². The van der Waals surface area contributed by atoms with Crippen LogP contribution in [0.15, 0.2) is 67.0 Å². The molecule has 1 aliphatic rings. The Morgan fingerprint density at radius 3 is 2.10 bits per heavy atom. The minimum atomic E-state index is -0.416. The minimum absolute atomic E-state index is 0.119. The highest BCUT2D eigenvalue weighted by Crippen LogP contribution is 2.35. The Bertz CT molecular complexity index is 923. The molecule has 1 aromatic heterocycles. The van der Waals surface area contributed by atoms with E-state index in [0.29, 0.717) is 32.1 Å². The van der Waals surface area contributed by atoms with E-state index in [1.807, 2.05) is 65.6 Å². The topological polar surface area (TPSA) is 93.4 Å². The highest BCUT2D eigenvalue weighted by molar-refractivity contribution is 5.71. The van der Waals surface area contributed by atoms with Crippen LogP contribution in [-0.4, -0.2) is 41.2 Å². The number of morpholine rings is 1. The zero-order valence-corrected chi connectivity index (χ0v) is 15.8. The van der Waals surface area contributed by atoms with Gasteiger partial charge in [-0.1, -0.05) is 60.7 Å². The average Bonchev–Trinajstić information content (AvgIpc) is 2.79. The first-order valence-electron chi connectivity index (χ1n) is 9.42. The Balaban J connectivity index is 1.75. The van der Waals surface area contributed by atoms with Crippen molar-refractivity contribution in [2.24, 2.45) is 0 Å². The predicted molar refractivity (Wildman–Crippen MR) is 110 cm³/mol. The maximum atomic E-state index is 12.0. The normalized spacial score (nSPS) is 14.0. The van der Waals surface area contributed by atoms with E-state index in [-0.39, 0.29) is 17.5 Å². The van der Waals surface area contributed by atoms with Gasteiger partial charge >= 0.3 is 5.69 Å². The van der Waals surface area contributed by atoms with Crippen molar-refractivity contribution >= 4 is 17.3 Å². The van der Waals surface area contributed by atoms with Crippen molar-refractivity contribution in [3.05, 3.63) is 88.2 Å². The van der Waals surface area contributed by atoms with Crippen molar-refractivity contribution in [2.45, 2.75) is 6.04 Å². The lowest BCUT2D eigenvalue weighted by Crippen LogP contribution is -2.37. The number of nitrogens with one attached hydrogen (secondary N) is 1. The molecule has 3 aromatic rings. The molecule has 0 spiro atoms. The fraction of sp³-hybridized carbons (Fsp3) is 0.238. The van der Waals surface area contributed by atoms with Crippen molar-refractivity contribution in [3.8, 4) is 0 Å². The molecule has 2 aromatic carbocycles. The number of nitrogens with zero attached hydrogens (tertiary/aromatic N) is 4. The van der Waals surface area contributed by atoms with Crippen LogP contribution in [0.1, 0.15) is 17.2 Å². The van der Waals surface area contributed by atoms with Crippen LogP contribution >= 0.6 is 0 Å². The van der Waals surface area contributed by atoms with Crippen LogP contribution in [0, 0.1) is 10.1 Å². The molecule has 2 heterocycles. The molecule has 1 fully saturated rings. The van der Waals surface area contributed by atoms with Crippen molar-refractivity contribution < 1.29 is 9.66 Å². The first-order valence-corrected chi connectivity index (χ1v) is 9.42. The van der Waals surface area contributed by atoms with Crippen molar-refractivity contribution in [2.75, 3.05) is 36.5 Å². The molecule has 148 valence electrons. The first-order chi connectivity index (χ1) is 14.2. The van der Waals surface area contributed by atoms with E-state index in [1.54, 1.807) is 0 Å². The lowest BCUT2D eigenvalue weighted by molar-refractivity contribution is -0.383. The fourth-order valence-electron chi connectivity index (χ4n) is 3.44. The number of aromatic nitrogens is 2. The molecule has 1 saturated heterocycles. The van der Waals surface area contributed by atoms with Crippen LogP contribution in [-0.2, 0) is 4.74 Å². The summed E-state index contributed by atoms with van der Waals surface area (Å²) in [6.07, 6.45) is 1.37. The minimum Gasteiger partial charge on any atom is -0.378 e. The van der Waals surface area contributed by atoms with E-state index in [2.05, 4.69) is 15.3 Å². The molecule has 0 unspecified atom stereocenters. The van der Waals surface area contributed by atoms with E-state index >= 15 is 0 Å². The molecule has 0 atom stereocenters. The van der Waals surface area contributed by atoms with Gasteiger partial charge in [0.1, 0.15) is 6.33 Å². The number of anilines is 2. The van der Waals surface area contributed by atoms with Gasteiger partial charge in [0, 0.05) is 13.1 Å². The lowest BCUT2D eigenvalue weighted by atomic mass is 9.98. The second kappa shape index (κ2) is 8.66. The summed E-state index contributed by atoms with van der Waals surface area (Å²) in [7, 11) is 0. The molecular weight excluding hydrogens is 370 g/mol. The van der Waals surface area contributed by atoms with Gasteiger partial charge in [-0.05, 0) is 11.1 Å². The number of ether oxygens (including phenoxy) is 1. The summed E-state index contributed by atoms with van der Waals surface area (Å²) in [4.78, 5) is 21.9. The van der Waals surface area contributed by atoms with Gasteiger partial charge in [-0.15, -0.1) is 0 Å². The number of benzene rings is 2. The number of rotatable bonds is 6. The molecule has 0 radical (unpaired) electrons. The van der Waals surface area contributed by atoms with Gasteiger partial charge in [-0.25, -0.2) is 9.97 Å². The summed E-state index contributed by atoms with van der Waals surface area (Å²) in [5.41, 5.74) is 1.85. The van der Waals surface area contributed by atoms with Gasteiger partial charge in [0.15, 0.2) is 0 Å². The molecule has 8 heteroatoms. The second-order valence-corrected chi connectivity index (χ2v) is 6.65. The average molecular weight is 391 g/mol. The number of hydrogen-bond donors (Lipinski definition) is 1. The van der Waals surface area contributed by atoms with Crippen LogP contribution < -0.4 is 10.2 Å². The van der Waals surface area contributed by atoms with Gasteiger partial charge in [0.2, 0.25) is 11.6 Å². The van der Waals surface area contributed by atoms with Gasteiger partial charge in [0.25, 0.3) is 0 Å². The monoisotopic (exact) mass is 391 g/mol. The second-order valence-electron chi connectivity index (χ2n) is 6.65. The summed E-state index contributed by atoms with van der Waals surface area (Å²) in [5.74, 6) is 0.514. The number of nitro groups is 1. The molecule has 1 aliphatic heterocycles. The van der Waals surface area contributed by atoms with Crippen LogP contribution in [0.4, 0.5) is 17.3 Å². The molecule has 0 bridgehead atoms. The fourth-order valence-corrected chi connectivity index (χ4v) is 3.44. The summed E-state index contributed by atoms with van der Waals surface area (Å²) >= 11 is 0. The lowest BCUT2D eigenvalue weighted by Gasteiger charge is -2.28. The number of hydrogen-bond acceptors (Lipinski definition) is 7. The van der Waals surface area contributed by atoms with E-state index in [9.17, 15) is 10.1 Å². The molecule has 0 saturated carbocycles. The summed E-state index contributed by atoms with van der Waals surface area (Å²) in [5, 5.41) is 15.3. The smallest absolute Gasteiger partial charge is 0.353 e.